The number of carbonyl (C=O) groups is 3. The number of amides is 3. The average molecular weight is 516 g/mol. The van der Waals surface area contributed by atoms with Gasteiger partial charge in [-0.05, 0) is 73.5 Å². The highest BCUT2D eigenvalue weighted by Crippen LogP contribution is 2.46. The molecule has 1 saturated carbocycles. The van der Waals surface area contributed by atoms with E-state index in [1.807, 2.05) is 35.8 Å². The van der Waals surface area contributed by atoms with Crippen LogP contribution in [-0.4, -0.2) is 58.7 Å². The van der Waals surface area contributed by atoms with Gasteiger partial charge in [-0.3, -0.25) is 14.4 Å². The Labute approximate surface area is 221 Å². The lowest BCUT2D eigenvalue weighted by Gasteiger charge is -2.46. The first-order valence-electron chi connectivity index (χ1n) is 13.6. The molecule has 0 aromatic heterocycles. The maximum Gasteiger partial charge on any atom is 0.245 e. The van der Waals surface area contributed by atoms with Crippen molar-refractivity contribution < 1.29 is 14.4 Å². The van der Waals surface area contributed by atoms with E-state index in [1.54, 1.807) is 6.92 Å². The van der Waals surface area contributed by atoms with Crippen LogP contribution in [0.25, 0.3) is 0 Å². The van der Waals surface area contributed by atoms with Crippen LogP contribution in [0.1, 0.15) is 84.6 Å². The molecule has 198 valence electrons. The molecule has 36 heavy (non-hydrogen) atoms. The summed E-state index contributed by atoms with van der Waals surface area (Å²) in [5, 5.41) is 3.87. The highest BCUT2D eigenvalue weighted by molar-refractivity contribution is 6.30. The van der Waals surface area contributed by atoms with Crippen LogP contribution in [0.15, 0.2) is 24.3 Å². The summed E-state index contributed by atoms with van der Waals surface area (Å²) in [5.74, 6) is 0.273. The lowest BCUT2D eigenvalue weighted by molar-refractivity contribution is -0.141. The molecule has 2 heterocycles. The molecule has 4 rings (SSSR count). The van der Waals surface area contributed by atoms with Crippen LogP contribution in [-0.2, 0) is 14.4 Å². The first kappa shape index (κ1) is 27.0. The van der Waals surface area contributed by atoms with Crippen LogP contribution in [0.5, 0.6) is 0 Å². The van der Waals surface area contributed by atoms with Gasteiger partial charge < -0.3 is 15.1 Å². The van der Waals surface area contributed by atoms with Crippen molar-refractivity contribution in [2.45, 2.75) is 90.6 Å². The summed E-state index contributed by atoms with van der Waals surface area (Å²) in [5.41, 5.74) is 0.995. The van der Waals surface area contributed by atoms with Gasteiger partial charge in [-0.1, -0.05) is 51.4 Å². The van der Waals surface area contributed by atoms with Gasteiger partial charge in [-0.25, -0.2) is 0 Å². The number of piperidine rings is 1. The van der Waals surface area contributed by atoms with E-state index in [0.717, 1.165) is 43.7 Å². The molecule has 2 saturated heterocycles. The van der Waals surface area contributed by atoms with Crippen molar-refractivity contribution in [2.75, 3.05) is 19.6 Å². The minimum Gasteiger partial charge on any atom is -0.344 e. The minimum absolute atomic E-state index is 0.00545. The van der Waals surface area contributed by atoms with Gasteiger partial charge >= 0.3 is 0 Å². The zero-order valence-electron chi connectivity index (χ0n) is 22.5. The maximum absolute atomic E-state index is 13.7. The molecule has 3 fully saturated rings. The quantitative estimate of drug-likeness (QED) is 0.599. The monoisotopic (exact) mass is 515 g/mol. The van der Waals surface area contributed by atoms with Crippen molar-refractivity contribution in [1.82, 2.24) is 15.1 Å². The van der Waals surface area contributed by atoms with E-state index in [0.29, 0.717) is 25.4 Å². The minimum atomic E-state index is -0.538. The Balaban J connectivity index is 1.41. The SMILES string of the molecule is CC(=O)N1CCCC12CCC(C(=O)NC(C(=O)N1CCC(c3ccc(Cl)cc3)C(C)(C)C1)C(C)C)C2. The van der Waals surface area contributed by atoms with Gasteiger partial charge in [0.2, 0.25) is 17.7 Å². The van der Waals surface area contributed by atoms with Gasteiger partial charge in [-0.15, -0.1) is 0 Å². The van der Waals surface area contributed by atoms with E-state index in [9.17, 15) is 14.4 Å². The molecule has 1 aromatic carbocycles. The Bertz CT molecular complexity index is 992. The Morgan fingerprint density at radius 3 is 2.36 bits per heavy atom. The van der Waals surface area contributed by atoms with Gasteiger partial charge in [0.05, 0.1) is 0 Å². The van der Waals surface area contributed by atoms with Crippen LogP contribution in [0.4, 0.5) is 0 Å². The smallest absolute Gasteiger partial charge is 0.245 e. The summed E-state index contributed by atoms with van der Waals surface area (Å²) >= 11 is 6.09. The first-order chi connectivity index (χ1) is 16.9. The molecule has 2 aliphatic heterocycles. The molecule has 1 aromatic rings. The molecular formula is C29H42ClN3O3. The van der Waals surface area contributed by atoms with Crippen LogP contribution >= 0.6 is 11.6 Å². The number of likely N-dealkylation sites (tertiary alicyclic amines) is 2. The predicted molar refractivity (Wildman–Crippen MR) is 143 cm³/mol. The van der Waals surface area contributed by atoms with E-state index in [4.69, 9.17) is 11.6 Å². The Morgan fingerprint density at radius 2 is 1.75 bits per heavy atom. The zero-order valence-corrected chi connectivity index (χ0v) is 23.2. The fourth-order valence-electron chi connectivity index (χ4n) is 7.07. The third-order valence-electron chi connectivity index (χ3n) is 8.98. The van der Waals surface area contributed by atoms with E-state index in [1.165, 1.54) is 5.56 Å². The van der Waals surface area contributed by atoms with Crippen molar-refractivity contribution in [3.8, 4) is 0 Å². The molecule has 6 nitrogen and oxygen atoms in total. The van der Waals surface area contributed by atoms with E-state index in [2.05, 4.69) is 31.3 Å². The second-order valence-corrected chi connectivity index (χ2v) is 12.7. The highest BCUT2D eigenvalue weighted by Gasteiger charge is 2.50. The Hall–Kier alpha value is -2.08. The zero-order chi connectivity index (χ0) is 26.3. The molecular weight excluding hydrogens is 474 g/mol. The lowest BCUT2D eigenvalue weighted by Crippen LogP contribution is -2.56. The largest absolute Gasteiger partial charge is 0.344 e. The summed E-state index contributed by atoms with van der Waals surface area (Å²) in [7, 11) is 0. The van der Waals surface area contributed by atoms with E-state index in [-0.39, 0.29) is 40.5 Å². The Morgan fingerprint density at radius 1 is 1.06 bits per heavy atom. The number of carbonyl (C=O) groups excluding carboxylic acids is 3. The van der Waals surface area contributed by atoms with Crippen molar-refractivity contribution in [1.29, 1.82) is 0 Å². The summed E-state index contributed by atoms with van der Waals surface area (Å²) < 4.78 is 0. The summed E-state index contributed by atoms with van der Waals surface area (Å²) in [6, 6.07) is 7.52. The van der Waals surface area contributed by atoms with Crippen molar-refractivity contribution in [3.05, 3.63) is 34.9 Å². The average Bonchev–Trinajstić information content (AvgIpc) is 3.44. The molecule has 3 amide bonds. The second kappa shape index (κ2) is 10.4. The van der Waals surface area contributed by atoms with Crippen LogP contribution in [0.3, 0.4) is 0 Å². The highest BCUT2D eigenvalue weighted by atomic mass is 35.5. The lowest BCUT2D eigenvalue weighted by atomic mass is 9.70. The number of nitrogens with one attached hydrogen (secondary N) is 1. The molecule has 7 heteroatoms. The number of hydrogen-bond donors (Lipinski definition) is 1. The third kappa shape index (κ3) is 5.29. The fourth-order valence-corrected chi connectivity index (χ4v) is 7.20. The molecule has 1 N–H and O–H groups in total. The molecule has 4 atom stereocenters. The van der Waals surface area contributed by atoms with Gasteiger partial charge in [0.25, 0.3) is 0 Å². The molecule has 0 radical (unpaired) electrons. The third-order valence-corrected chi connectivity index (χ3v) is 9.23. The molecule has 3 aliphatic rings. The second-order valence-electron chi connectivity index (χ2n) is 12.3. The Kier molecular flexibility index (Phi) is 7.76. The van der Waals surface area contributed by atoms with Gasteiger partial charge in [0.1, 0.15) is 6.04 Å². The van der Waals surface area contributed by atoms with Gasteiger partial charge in [0.15, 0.2) is 0 Å². The fraction of sp³-hybridized carbons (Fsp3) is 0.690. The molecule has 0 bridgehead atoms. The topological polar surface area (TPSA) is 69.7 Å². The molecule has 4 unspecified atom stereocenters. The van der Waals surface area contributed by atoms with Crippen molar-refractivity contribution >= 4 is 29.3 Å². The van der Waals surface area contributed by atoms with E-state index >= 15 is 0 Å². The number of benzene rings is 1. The van der Waals surface area contributed by atoms with Gasteiger partial charge in [-0.2, -0.15) is 0 Å². The maximum atomic E-state index is 13.7. The normalized spacial score (nSPS) is 28.5. The van der Waals surface area contributed by atoms with Crippen LogP contribution < -0.4 is 5.32 Å². The van der Waals surface area contributed by atoms with Gasteiger partial charge in [0, 0.05) is 43.0 Å². The summed E-state index contributed by atoms with van der Waals surface area (Å²) in [6.07, 6.45) is 5.21. The summed E-state index contributed by atoms with van der Waals surface area (Å²) in [6.45, 7) is 12.2. The molecule has 1 spiro atoms. The van der Waals surface area contributed by atoms with Crippen LogP contribution in [0, 0.1) is 17.3 Å². The number of rotatable bonds is 5. The number of hydrogen-bond acceptors (Lipinski definition) is 3. The number of halogens is 1. The number of nitrogens with zero attached hydrogens (tertiary/aromatic N) is 2. The first-order valence-corrected chi connectivity index (χ1v) is 13.9. The van der Waals surface area contributed by atoms with Crippen molar-refractivity contribution in [3.63, 3.8) is 0 Å². The van der Waals surface area contributed by atoms with E-state index < -0.39 is 6.04 Å². The van der Waals surface area contributed by atoms with Crippen molar-refractivity contribution in [2.24, 2.45) is 17.3 Å². The standard InChI is InChI=1S/C29H42ClN3O3/c1-19(2)25(31-26(35)22-11-14-29(17-22)13-6-15-33(29)20(3)34)27(36)32-16-12-24(28(4,5)18-32)21-7-9-23(30)10-8-21/h7-10,19,22,24-25H,6,11-18H2,1-5H3,(H,31,35). The summed E-state index contributed by atoms with van der Waals surface area (Å²) in [4.78, 5) is 43.2. The van der Waals surface area contributed by atoms with Crippen LogP contribution in [0.2, 0.25) is 5.02 Å². The predicted octanol–water partition coefficient (Wildman–Crippen LogP) is 5.00. The molecule has 1 aliphatic carbocycles.